The van der Waals surface area contributed by atoms with Crippen LogP contribution in [0, 0.1) is 6.92 Å². The van der Waals surface area contributed by atoms with E-state index in [9.17, 15) is 14.4 Å². The number of para-hydroxylation sites is 1. The van der Waals surface area contributed by atoms with Crippen LogP contribution in [-0.4, -0.2) is 28.1 Å². The summed E-state index contributed by atoms with van der Waals surface area (Å²) in [5.41, 5.74) is 3.58. The lowest BCUT2D eigenvalue weighted by Gasteiger charge is -2.17. The number of carbonyl (C=O) groups is 2. The Hall–Kier alpha value is -3.74. The summed E-state index contributed by atoms with van der Waals surface area (Å²) in [5, 5.41) is 6.91. The van der Waals surface area contributed by atoms with E-state index >= 15 is 0 Å². The lowest BCUT2D eigenvalue weighted by Crippen LogP contribution is -2.32. The zero-order valence-corrected chi connectivity index (χ0v) is 16.7. The number of hydrogen-bond donors (Lipinski definition) is 1. The Morgan fingerprint density at radius 3 is 2.60 bits per heavy atom. The first-order valence-corrected chi connectivity index (χ1v) is 9.86. The molecule has 0 fully saturated rings. The van der Waals surface area contributed by atoms with E-state index in [1.165, 1.54) is 16.8 Å². The Labute approximate surface area is 174 Å². The molecule has 2 heterocycles. The molecule has 2 aromatic carbocycles. The molecule has 1 N–H and O–H groups in total. The fraction of sp³-hybridized carbons (Fsp3) is 0.217. The van der Waals surface area contributed by atoms with Crippen molar-refractivity contribution in [3.8, 4) is 0 Å². The van der Waals surface area contributed by atoms with E-state index in [0.717, 1.165) is 23.2 Å². The number of rotatable bonds is 5. The van der Waals surface area contributed by atoms with Crippen LogP contribution in [0.15, 0.2) is 65.5 Å². The van der Waals surface area contributed by atoms with Crippen LogP contribution in [0.4, 0.5) is 11.4 Å². The Kier molecular flexibility index (Phi) is 5.43. The Morgan fingerprint density at radius 1 is 1.03 bits per heavy atom. The number of benzene rings is 2. The molecule has 0 bridgehead atoms. The highest BCUT2D eigenvalue weighted by Gasteiger charge is 2.24. The average molecular weight is 402 g/mol. The van der Waals surface area contributed by atoms with E-state index in [-0.39, 0.29) is 30.1 Å². The monoisotopic (exact) mass is 402 g/mol. The largest absolute Gasteiger partial charge is 0.321 e. The molecular formula is C23H22N4O3. The van der Waals surface area contributed by atoms with Gasteiger partial charge in [-0.25, -0.2) is 4.68 Å². The summed E-state index contributed by atoms with van der Waals surface area (Å²) in [5.74, 6) is -0.476. The highest BCUT2D eigenvalue weighted by atomic mass is 16.2. The van der Waals surface area contributed by atoms with Gasteiger partial charge in [0.05, 0.1) is 6.54 Å². The van der Waals surface area contributed by atoms with Gasteiger partial charge in [-0.2, -0.15) is 5.10 Å². The van der Waals surface area contributed by atoms with Gasteiger partial charge < -0.3 is 10.2 Å². The standard InChI is InChI=1S/C23H22N4O3/c1-16-6-8-18(9-7-16)24-23(30)19-10-11-22(29)27(25-19)15-13-21(28)26-14-12-17-4-2-3-5-20(17)26/h2-11H,12-15H2,1H3,(H,24,30). The molecule has 1 aliphatic rings. The molecule has 0 spiro atoms. The van der Waals surface area contributed by atoms with Crippen molar-refractivity contribution in [2.45, 2.75) is 26.3 Å². The zero-order valence-electron chi connectivity index (χ0n) is 16.7. The lowest BCUT2D eigenvalue weighted by atomic mass is 10.2. The molecule has 7 heteroatoms. The third-order valence-corrected chi connectivity index (χ3v) is 5.13. The summed E-state index contributed by atoms with van der Waals surface area (Å²) < 4.78 is 1.17. The second-order valence-electron chi connectivity index (χ2n) is 7.27. The SMILES string of the molecule is Cc1ccc(NC(=O)c2ccc(=O)n(CCC(=O)N3CCc4ccccc43)n2)cc1. The van der Waals surface area contributed by atoms with Crippen LogP contribution >= 0.6 is 0 Å². The number of aromatic nitrogens is 2. The van der Waals surface area contributed by atoms with Crippen LogP contribution in [0.5, 0.6) is 0 Å². The number of nitrogens with zero attached hydrogens (tertiary/aromatic N) is 3. The first-order valence-electron chi connectivity index (χ1n) is 9.86. The topological polar surface area (TPSA) is 84.3 Å². The van der Waals surface area contributed by atoms with Gasteiger partial charge in [0.15, 0.2) is 0 Å². The molecule has 0 radical (unpaired) electrons. The van der Waals surface area contributed by atoms with Gasteiger partial charge in [0.25, 0.3) is 11.5 Å². The van der Waals surface area contributed by atoms with E-state index < -0.39 is 5.91 Å². The number of hydrogen-bond acceptors (Lipinski definition) is 4. The molecule has 3 aromatic rings. The Bertz CT molecular complexity index is 1150. The van der Waals surface area contributed by atoms with Gasteiger partial charge in [-0.05, 0) is 43.2 Å². The summed E-state index contributed by atoms with van der Waals surface area (Å²) in [4.78, 5) is 39.1. The first kappa shape index (κ1) is 19.6. The van der Waals surface area contributed by atoms with Crippen LogP contribution in [0.25, 0.3) is 0 Å². The first-order chi connectivity index (χ1) is 14.5. The number of anilines is 2. The van der Waals surface area contributed by atoms with Gasteiger partial charge >= 0.3 is 0 Å². The van der Waals surface area contributed by atoms with Crippen LogP contribution in [-0.2, 0) is 17.8 Å². The van der Waals surface area contributed by atoms with Gasteiger partial charge in [0.2, 0.25) is 5.91 Å². The molecule has 0 aliphatic carbocycles. The second-order valence-corrected chi connectivity index (χ2v) is 7.27. The summed E-state index contributed by atoms with van der Waals surface area (Å²) in [7, 11) is 0. The molecule has 4 rings (SSSR count). The normalized spacial score (nSPS) is 12.5. The summed E-state index contributed by atoms with van der Waals surface area (Å²) >= 11 is 0. The smallest absolute Gasteiger partial charge is 0.276 e. The zero-order chi connectivity index (χ0) is 21.1. The summed E-state index contributed by atoms with van der Waals surface area (Å²) in [6, 6.07) is 17.9. The van der Waals surface area contributed by atoms with Crippen LogP contribution in [0.2, 0.25) is 0 Å². The summed E-state index contributed by atoms with van der Waals surface area (Å²) in [6.45, 7) is 2.71. The fourth-order valence-corrected chi connectivity index (χ4v) is 3.50. The maximum absolute atomic E-state index is 12.7. The minimum atomic E-state index is -0.410. The summed E-state index contributed by atoms with van der Waals surface area (Å²) in [6.07, 6.45) is 0.957. The molecule has 0 saturated heterocycles. The number of aryl methyl sites for hydroxylation is 2. The molecule has 7 nitrogen and oxygen atoms in total. The van der Waals surface area contributed by atoms with Crippen molar-refractivity contribution in [1.82, 2.24) is 9.78 Å². The lowest BCUT2D eigenvalue weighted by molar-refractivity contribution is -0.118. The minimum absolute atomic E-state index is 0.0665. The predicted molar refractivity (Wildman–Crippen MR) is 115 cm³/mol. The molecule has 152 valence electrons. The van der Waals surface area contributed by atoms with Gasteiger partial charge in [0.1, 0.15) is 5.69 Å². The maximum atomic E-state index is 12.7. The molecule has 30 heavy (non-hydrogen) atoms. The van der Waals surface area contributed by atoms with Crippen LogP contribution in [0.3, 0.4) is 0 Å². The third kappa shape index (κ3) is 4.15. The third-order valence-electron chi connectivity index (χ3n) is 5.13. The molecule has 1 aromatic heterocycles. The molecule has 0 saturated carbocycles. The van der Waals surface area contributed by atoms with Crippen molar-refractivity contribution in [2.24, 2.45) is 0 Å². The Morgan fingerprint density at radius 2 is 1.80 bits per heavy atom. The van der Waals surface area contributed by atoms with Crippen LogP contribution in [0.1, 0.15) is 28.0 Å². The molecule has 2 amide bonds. The minimum Gasteiger partial charge on any atom is -0.321 e. The highest BCUT2D eigenvalue weighted by molar-refractivity contribution is 6.02. The van der Waals surface area contributed by atoms with E-state index in [2.05, 4.69) is 10.4 Å². The number of nitrogens with one attached hydrogen (secondary N) is 1. The molecule has 1 aliphatic heterocycles. The quantitative estimate of drug-likeness (QED) is 0.711. The van der Waals surface area contributed by atoms with Crippen molar-refractivity contribution < 1.29 is 9.59 Å². The van der Waals surface area contributed by atoms with E-state index in [4.69, 9.17) is 0 Å². The highest BCUT2D eigenvalue weighted by Crippen LogP contribution is 2.27. The average Bonchev–Trinajstić information content (AvgIpc) is 3.19. The van der Waals surface area contributed by atoms with Gasteiger partial charge in [-0.1, -0.05) is 35.9 Å². The van der Waals surface area contributed by atoms with Crippen LogP contribution < -0.4 is 15.8 Å². The fourth-order valence-electron chi connectivity index (χ4n) is 3.50. The van der Waals surface area contributed by atoms with E-state index in [1.807, 2.05) is 43.3 Å². The predicted octanol–water partition coefficient (Wildman–Crippen LogP) is 2.78. The number of carbonyl (C=O) groups excluding carboxylic acids is 2. The Balaban J connectivity index is 1.43. The maximum Gasteiger partial charge on any atom is 0.276 e. The van der Waals surface area contributed by atoms with Gasteiger partial charge in [-0.15, -0.1) is 0 Å². The van der Waals surface area contributed by atoms with Crippen molar-refractivity contribution >= 4 is 23.2 Å². The van der Waals surface area contributed by atoms with Crippen molar-refractivity contribution in [3.63, 3.8) is 0 Å². The van der Waals surface area contributed by atoms with Crippen molar-refractivity contribution in [3.05, 3.63) is 87.8 Å². The van der Waals surface area contributed by atoms with Crippen molar-refractivity contribution in [2.75, 3.05) is 16.8 Å². The molecular weight excluding hydrogens is 380 g/mol. The van der Waals surface area contributed by atoms with Gasteiger partial charge in [-0.3, -0.25) is 14.4 Å². The van der Waals surface area contributed by atoms with E-state index in [0.29, 0.717) is 12.2 Å². The second kappa shape index (κ2) is 8.32. The number of amides is 2. The van der Waals surface area contributed by atoms with Crippen molar-refractivity contribution in [1.29, 1.82) is 0 Å². The van der Waals surface area contributed by atoms with E-state index in [1.54, 1.807) is 17.0 Å². The van der Waals surface area contributed by atoms with Gasteiger partial charge in [0, 0.05) is 30.4 Å². The molecule has 0 unspecified atom stereocenters. The molecule has 0 atom stereocenters. The number of fused-ring (bicyclic) bond motifs is 1.